The second kappa shape index (κ2) is 8.43. The number of likely N-dealkylation sites (tertiary alicyclic amines) is 1. The Morgan fingerprint density at radius 2 is 1.97 bits per heavy atom. The lowest BCUT2D eigenvalue weighted by molar-refractivity contribution is -0.134. The van der Waals surface area contributed by atoms with Crippen molar-refractivity contribution in [1.29, 1.82) is 0 Å². The van der Waals surface area contributed by atoms with Gasteiger partial charge in [0.1, 0.15) is 11.6 Å². The molecule has 8 heteroatoms. The van der Waals surface area contributed by atoms with E-state index in [4.69, 9.17) is 4.74 Å². The molecule has 1 atom stereocenters. The number of H-pyrrole nitrogens is 1. The maximum atomic E-state index is 13.7. The molecule has 3 heterocycles. The second-order valence-electron chi connectivity index (χ2n) is 9.25. The Hall–Kier alpha value is -3.39. The van der Waals surface area contributed by atoms with Gasteiger partial charge in [0.05, 0.1) is 19.8 Å². The SMILES string of the molecule is COc1ccc2c3c([nH]c2c1)[C@H](CO)N(C(C)=O)CC31CCN(C(=O)c2cccc(F)c2)CC1. The van der Waals surface area contributed by atoms with E-state index in [1.165, 1.54) is 19.1 Å². The minimum atomic E-state index is -0.455. The zero-order valence-electron chi connectivity index (χ0n) is 19.3. The largest absolute Gasteiger partial charge is 0.497 e. The number of carbonyl (C=O) groups is 2. The van der Waals surface area contributed by atoms with Gasteiger partial charge in [0, 0.05) is 60.2 Å². The maximum Gasteiger partial charge on any atom is 0.253 e. The fourth-order valence-corrected chi connectivity index (χ4v) is 5.69. The fraction of sp³-hybridized carbons (Fsp3) is 0.385. The van der Waals surface area contributed by atoms with Crippen LogP contribution >= 0.6 is 0 Å². The van der Waals surface area contributed by atoms with E-state index in [0.717, 1.165) is 27.9 Å². The number of nitrogens with one attached hydrogen (secondary N) is 1. The number of nitrogens with zero attached hydrogens (tertiary/aromatic N) is 2. The molecule has 3 aromatic rings. The number of methoxy groups -OCH3 is 1. The number of rotatable bonds is 3. The molecule has 1 spiro atoms. The molecule has 0 aliphatic carbocycles. The first-order chi connectivity index (χ1) is 16.4. The van der Waals surface area contributed by atoms with Gasteiger partial charge in [-0.2, -0.15) is 0 Å². The van der Waals surface area contributed by atoms with Crippen molar-refractivity contribution in [1.82, 2.24) is 14.8 Å². The second-order valence-corrected chi connectivity index (χ2v) is 9.25. The van der Waals surface area contributed by atoms with Gasteiger partial charge in [-0.05, 0) is 48.7 Å². The van der Waals surface area contributed by atoms with E-state index in [2.05, 4.69) is 4.98 Å². The van der Waals surface area contributed by atoms with Crippen LogP contribution in [-0.2, 0) is 10.2 Å². The van der Waals surface area contributed by atoms with Crippen LogP contribution < -0.4 is 4.74 Å². The molecule has 2 aromatic carbocycles. The van der Waals surface area contributed by atoms with Crippen LogP contribution in [0, 0.1) is 5.82 Å². The molecule has 0 bridgehead atoms. The highest BCUT2D eigenvalue weighted by Gasteiger charge is 2.48. The Morgan fingerprint density at radius 1 is 1.21 bits per heavy atom. The third kappa shape index (κ3) is 3.53. The van der Waals surface area contributed by atoms with Crippen molar-refractivity contribution in [3.8, 4) is 5.75 Å². The number of hydrogen-bond donors (Lipinski definition) is 2. The van der Waals surface area contributed by atoms with Gasteiger partial charge in [-0.15, -0.1) is 0 Å². The van der Waals surface area contributed by atoms with Crippen molar-refractivity contribution < 1.29 is 23.8 Å². The molecule has 7 nitrogen and oxygen atoms in total. The summed E-state index contributed by atoms with van der Waals surface area (Å²) in [5.74, 6) is 0.00142. The summed E-state index contributed by atoms with van der Waals surface area (Å²) in [6, 6.07) is 11.2. The van der Waals surface area contributed by atoms with Crippen LogP contribution in [0.3, 0.4) is 0 Å². The molecular formula is C26H28FN3O4. The van der Waals surface area contributed by atoms with E-state index in [9.17, 15) is 19.1 Å². The summed E-state index contributed by atoms with van der Waals surface area (Å²) in [4.78, 5) is 32.6. The highest BCUT2D eigenvalue weighted by molar-refractivity contribution is 5.94. The Kier molecular flexibility index (Phi) is 5.56. The Morgan fingerprint density at radius 3 is 2.62 bits per heavy atom. The molecule has 34 heavy (non-hydrogen) atoms. The molecule has 2 aliphatic heterocycles. The maximum absolute atomic E-state index is 13.7. The van der Waals surface area contributed by atoms with Crippen LogP contribution in [0.1, 0.15) is 47.4 Å². The predicted octanol–water partition coefficient (Wildman–Crippen LogP) is 3.39. The number of aromatic nitrogens is 1. The summed E-state index contributed by atoms with van der Waals surface area (Å²) < 4.78 is 19.1. The Labute approximate surface area is 197 Å². The normalized spacial score (nSPS) is 19.4. The molecule has 1 fully saturated rings. The van der Waals surface area contributed by atoms with E-state index in [-0.39, 0.29) is 23.8 Å². The lowest BCUT2D eigenvalue weighted by Crippen LogP contribution is -2.55. The molecule has 0 unspecified atom stereocenters. The molecule has 178 valence electrons. The van der Waals surface area contributed by atoms with Gasteiger partial charge in [-0.1, -0.05) is 6.07 Å². The molecule has 2 aliphatic rings. The third-order valence-corrected chi connectivity index (χ3v) is 7.40. The zero-order valence-corrected chi connectivity index (χ0v) is 19.3. The van der Waals surface area contributed by atoms with Crippen LogP contribution in [0.2, 0.25) is 0 Å². The number of aliphatic hydroxyl groups is 1. The average Bonchev–Trinajstić information content (AvgIpc) is 3.23. The smallest absolute Gasteiger partial charge is 0.253 e. The van der Waals surface area contributed by atoms with E-state index in [1.807, 2.05) is 18.2 Å². The fourth-order valence-electron chi connectivity index (χ4n) is 5.69. The monoisotopic (exact) mass is 465 g/mol. The van der Waals surface area contributed by atoms with E-state index >= 15 is 0 Å². The first-order valence-corrected chi connectivity index (χ1v) is 11.5. The van der Waals surface area contributed by atoms with Crippen molar-refractivity contribution in [3.63, 3.8) is 0 Å². The van der Waals surface area contributed by atoms with E-state index < -0.39 is 11.9 Å². The van der Waals surface area contributed by atoms with Gasteiger partial charge in [0.15, 0.2) is 0 Å². The number of benzene rings is 2. The first kappa shape index (κ1) is 22.4. The number of halogens is 1. The predicted molar refractivity (Wildman–Crippen MR) is 125 cm³/mol. The number of fused-ring (bicyclic) bond motifs is 4. The van der Waals surface area contributed by atoms with Crippen LogP contribution in [0.5, 0.6) is 5.75 Å². The first-order valence-electron chi connectivity index (χ1n) is 11.5. The third-order valence-electron chi connectivity index (χ3n) is 7.40. The number of aliphatic hydroxyl groups excluding tert-OH is 1. The van der Waals surface area contributed by atoms with Gasteiger partial charge >= 0.3 is 0 Å². The summed E-state index contributed by atoms with van der Waals surface area (Å²) in [7, 11) is 1.62. The lowest BCUT2D eigenvalue weighted by atomic mass is 9.68. The molecular weight excluding hydrogens is 437 g/mol. The summed E-state index contributed by atoms with van der Waals surface area (Å²) in [6.45, 7) is 2.80. The topological polar surface area (TPSA) is 85.9 Å². The van der Waals surface area contributed by atoms with E-state index in [0.29, 0.717) is 38.0 Å². The Bertz CT molecular complexity index is 1260. The van der Waals surface area contributed by atoms with Crippen molar-refractivity contribution in [2.75, 3.05) is 33.4 Å². The molecule has 0 saturated carbocycles. The molecule has 1 aromatic heterocycles. The molecule has 1 saturated heterocycles. The highest BCUT2D eigenvalue weighted by atomic mass is 19.1. The number of aromatic amines is 1. The standard InChI is InChI=1S/C26H28FN3O4/c1-16(32)30-15-26(8-10-29(11-9-26)25(33)17-4-3-5-18(27)12-17)23-20-7-6-19(34-2)13-21(20)28-24(23)22(30)14-31/h3-7,12-13,22,28,31H,8-11,14-15H2,1-2H3/t22-/m0/s1. The zero-order chi connectivity index (χ0) is 24.0. The molecule has 2 N–H and O–H groups in total. The molecule has 0 radical (unpaired) electrons. The minimum absolute atomic E-state index is 0.0985. The quantitative estimate of drug-likeness (QED) is 0.621. The number of ether oxygens (including phenoxy) is 1. The van der Waals surface area contributed by atoms with Crippen molar-refractivity contribution >= 4 is 22.7 Å². The van der Waals surface area contributed by atoms with Crippen LogP contribution in [0.15, 0.2) is 42.5 Å². The average molecular weight is 466 g/mol. The highest BCUT2D eigenvalue weighted by Crippen LogP contribution is 2.49. The number of carbonyl (C=O) groups excluding carboxylic acids is 2. The van der Waals surface area contributed by atoms with Crippen molar-refractivity contribution in [2.24, 2.45) is 0 Å². The van der Waals surface area contributed by atoms with Crippen LogP contribution in [0.25, 0.3) is 10.9 Å². The van der Waals surface area contributed by atoms with Crippen LogP contribution in [-0.4, -0.2) is 65.1 Å². The minimum Gasteiger partial charge on any atom is -0.497 e. The van der Waals surface area contributed by atoms with Gasteiger partial charge in [-0.25, -0.2) is 4.39 Å². The molecule has 5 rings (SSSR count). The van der Waals surface area contributed by atoms with Crippen molar-refractivity contribution in [2.45, 2.75) is 31.2 Å². The van der Waals surface area contributed by atoms with Gasteiger partial charge in [0.2, 0.25) is 5.91 Å². The van der Waals surface area contributed by atoms with Gasteiger partial charge in [0.25, 0.3) is 5.91 Å². The number of hydrogen-bond acceptors (Lipinski definition) is 4. The van der Waals surface area contributed by atoms with Gasteiger partial charge < -0.3 is 24.6 Å². The van der Waals surface area contributed by atoms with Crippen molar-refractivity contribution in [3.05, 3.63) is 65.1 Å². The van der Waals surface area contributed by atoms with Gasteiger partial charge in [-0.3, -0.25) is 9.59 Å². The number of piperidine rings is 1. The summed E-state index contributed by atoms with van der Waals surface area (Å²) in [5.41, 5.74) is 2.82. The summed E-state index contributed by atoms with van der Waals surface area (Å²) in [5, 5.41) is 11.3. The summed E-state index contributed by atoms with van der Waals surface area (Å²) >= 11 is 0. The lowest BCUT2D eigenvalue weighted by Gasteiger charge is -2.50. The summed E-state index contributed by atoms with van der Waals surface area (Å²) in [6.07, 6.45) is 1.31. The molecule has 2 amide bonds. The Balaban J connectivity index is 1.54. The van der Waals surface area contributed by atoms with Crippen LogP contribution in [0.4, 0.5) is 4.39 Å². The number of amides is 2. The van der Waals surface area contributed by atoms with E-state index in [1.54, 1.807) is 29.0 Å².